The smallest absolute Gasteiger partial charge is 0.0560 e. The highest BCUT2D eigenvalue weighted by molar-refractivity contribution is 4.88. The summed E-state index contributed by atoms with van der Waals surface area (Å²) in [5.74, 6) is 1.79. The normalized spacial score (nSPS) is 26.8. The molecule has 1 aromatic heterocycles. The van der Waals surface area contributed by atoms with Crippen LogP contribution >= 0.6 is 0 Å². The first kappa shape index (κ1) is 11.6. The van der Waals surface area contributed by atoms with E-state index < -0.39 is 0 Å². The van der Waals surface area contributed by atoms with Crippen LogP contribution in [0.1, 0.15) is 33.6 Å². The van der Waals surface area contributed by atoms with Gasteiger partial charge in [-0.25, -0.2) is 0 Å². The minimum absolute atomic E-state index is 0.512. The molecule has 1 atom stereocenters. The quantitative estimate of drug-likeness (QED) is 0.827. The van der Waals surface area contributed by atoms with Crippen LogP contribution in [0.3, 0.4) is 0 Å². The van der Waals surface area contributed by atoms with Crippen molar-refractivity contribution >= 4 is 0 Å². The van der Waals surface area contributed by atoms with Crippen LogP contribution in [0.15, 0.2) is 18.5 Å². The van der Waals surface area contributed by atoms with Crippen molar-refractivity contribution in [1.82, 2.24) is 15.1 Å². The third-order valence-corrected chi connectivity index (χ3v) is 3.66. The molecule has 1 aliphatic rings. The minimum Gasteiger partial charge on any atom is -0.310 e. The Bertz CT molecular complexity index is 299. The first-order valence-electron chi connectivity index (χ1n) is 6.38. The molecule has 0 bridgehead atoms. The second-order valence-corrected chi connectivity index (χ2v) is 5.47. The predicted octanol–water partition coefficient (Wildman–Crippen LogP) is 2.30. The third kappa shape index (κ3) is 2.85. The molecular weight excluding hydrogens is 198 g/mol. The topological polar surface area (TPSA) is 29.9 Å². The van der Waals surface area contributed by atoms with Crippen LogP contribution in [0, 0.1) is 11.8 Å². The molecule has 3 heteroatoms. The van der Waals surface area contributed by atoms with Crippen LogP contribution in [-0.4, -0.2) is 21.9 Å². The summed E-state index contributed by atoms with van der Waals surface area (Å²) in [5, 5.41) is 7.91. The zero-order valence-electron chi connectivity index (χ0n) is 10.6. The molecule has 90 valence electrons. The lowest BCUT2D eigenvalue weighted by molar-refractivity contribution is 0.155. The Balaban J connectivity index is 1.67. The fraction of sp³-hybridized carbons (Fsp3) is 0.769. The number of nitrogens with one attached hydrogen (secondary N) is 1. The fourth-order valence-electron chi connectivity index (χ4n) is 2.49. The molecule has 0 radical (unpaired) electrons. The van der Waals surface area contributed by atoms with Gasteiger partial charge in [0.1, 0.15) is 0 Å². The Morgan fingerprint density at radius 3 is 2.69 bits per heavy atom. The van der Waals surface area contributed by atoms with Gasteiger partial charge in [0.2, 0.25) is 0 Å². The molecule has 0 spiro atoms. The van der Waals surface area contributed by atoms with Crippen molar-refractivity contribution in [2.24, 2.45) is 11.8 Å². The number of nitrogens with zero attached hydrogens (tertiary/aromatic N) is 2. The average Bonchev–Trinajstić information content (AvgIpc) is 2.62. The summed E-state index contributed by atoms with van der Waals surface area (Å²) >= 11 is 0. The van der Waals surface area contributed by atoms with Crippen molar-refractivity contribution in [3.05, 3.63) is 18.5 Å². The van der Waals surface area contributed by atoms with E-state index in [-0.39, 0.29) is 0 Å². The molecule has 3 nitrogen and oxygen atoms in total. The van der Waals surface area contributed by atoms with E-state index in [4.69, 9.17) is 0 Å². The first-order valence-corrected chi connectivity index (χ1v) is 6.38. The molecule has 2 rings (SSSR count). The van der Waals surface area contributed by atoms with Gasteiger partial charge < -0.3 is 5.32 Å². The Hall–Kier alpha value is -0.830. The van der Waals surface area contributed by atoms with E-state index in [1.165, 1.54) is 12.8 Å². The summed E-state index contributed by atoms with van der Waals surface area (Å²) in [6, 6.07) is 3.22. The molecule has 0 saturated heterocycles. The molecule has 0 amide bonds. The third-order valence-electron chi connectivity index (χ3n) is 3.66. The van der Waals surface area contributed by atoms with E-state index >= 15 is 0 Å². The number of hydrogen-bond donors (Lipinski definition) is 1. The van der Waals surface area contributed by atoms with E-state index in [9.17, 15) is 0 Å². The Kier molecular flexibility index (Phi) is 3.64. The van der Waals surface area contributed by atoms with Gasteiger partial charge in [0.05, 0.1) is 6.54 Å². The first-order chi connectivity index (χ1) is 7.65. The van der Waals surface area contributed by atoms with E-state index in [0.29, 0.717) is 6.04 Å². The zero-order chi connectivity index (χ0) is 11.5. The standard InChI is InChI=1S/C13H23N3/c1-10(2)12-7-13(8-12)15-11(3)9-16-6-4-5-14-16/h4-6,10-13,15H,7-9H2,1-3H3. The van der Waals surface area contributed by atoms with Crippen molar-refractivity contribution < 1.29 is 0 Å². The number of hydrogen-bond acceptors (Lipinski definition) is 2. The van der Waals surface area contributed by atoms with Gasteiger partial charge in [0.15, 0.2) is 0 Å². The van der Waals surface area contributed by atoms with Crippen molar-refractivity contribution in [3.63, 3.8) is 0 Å². The van der Waals surface area contributed by atoms with E-state index in [0.717, 1.165) is 24.4 Å². The van der Waals surface area contributed by atoms with Crippen LogP contribution in [-0.2, 0) is 6.54 Å². The predicted molar refractivity (Wildman–Crippen MR) is 66.2 cm³/mol. The molecule has 16 heavy (non-hydrogen) atoms. The largest absolute Gasteiger partial charge is 0.310 e. The second kappa shape index (κ2) is 5.00. The SMILES string of the molecule is CC(Cn1cccn1)NC1CC(C(C)C)C1. The second-order valence-electron chi connectivity index (χ2n) is 5.47. The summed E-state index contributed by atoms with van der Waals surface area (Å²) < 4.78 is 2.00. The lowest BCUT2D eigenvalue weighted by Crippen LogP contribution is -2.47. The van der Waals surface area contributed by atoms with Crippen LogP contribution in [0.2, 0.25) is 0 Å². The Morgan fingerprint density at radius 2 is 2.12 bits per heavy atom. The van der Waals surface area contributed by atoms with Gasteiger partial charge in [-0.3, -0.25) is 4.68 Å². The van der Waals surface area contributed by atoms with E-state index in [1.54, 1.807) is 0 Å². The monoisotopic (exact) mass is 221 g/mol. The zero-order valence-corrected chi connectivity index (χ0v) is 10.6. The van der Waals surface area contributed by atoms with Gasteiger partial charge in [-0.2, -0.15) is 5.10 Å². The molecule has 1 fully saturated rings. The Labute approximate surface area is 98.2 Å². The highest BCUT2D eigenvalue weighted by Gasteiger charge is 2.31. The molecule has 1 aromatic rings. The van der Waals surface area contributed by atoms with E-state index in [1.807, 2.05) is 23.1 Å². The molecule has 0 aromatic carbocycles. The average molecular weight is 221 g/mol. The summed E-state index contributed by atoms with van der Waals surface area (Å²) in [5.41, 5.74) is 0. The van der Waals surface area contributed by atoms with Gasteiger partial charge in [0, 0.05) is 24.5 Å². The van der Waals surface area contributed by atoms with Crippen molar-refractivity contribution in [1.29, 1.82) is 0 Å². The van der Waals surface area contributed by atoms with Crippen LogP contribution in [0.5, 0.6) is 0 Å². The summed E-state index contributed by atoms with van der Waals surface area (Å²) in [6.07, 6.45) is 6.56. The number of aromatic nitrogens is 2. The van der Waals surface area contributed by atoms with Gasteiger partial charge >= 0.3 is 0 Å². The highest BCUT2D eigenvalue weighted by Crippen LogP contribution is 2.33. The molecule has 1 aliphatic carbocycles. The molecule has 1 heterocycles. The highest BCUT2D eigenvalue weighted by atomic mass is 15.3. The molecule has 1 saturated carbocycles. The molecular formula is C13H23N3. The Morgan fingerprint density at radius 1 is 1.38 bits per heavy atom. The van der Waals surface area contributed by atoms with Gasteiger partial charge in [-0.15, -0.1) is 0 Å². The van der Waals surface area contributed by atoms with Crippen molar-refractivity contribution in [2.75, 3.05) is 0 Å². The lowest BCUT2D eigenvalue weighted by Gasteiger charge is -2.40. The van der Waals surface area contributed by atoms with Crippen LogP contribution in [0.25, 0.3) is 0 Å². The fourth-order valence-corrected chi connectivity index (χ4v) is 2.49. The van der Waals surface area contributed by atoms with Crippen LogP contribution < -0.4 is 5.32 Å². The lowest BCUT2D eigenvalue weighted by atomic mass is 9.73. The molecule has 1 N–H and O–H groups in total. The molecule has 1 unspecified atom stereocenters. The summed E-state index contributed by atoms with van der Waals surface area (Å²) in [7, 11) is 0. The van der Waals surface area contributed by atoms with Crippen molar-refractivity contribution in [3.8, 4) is 0 Å². The maximum Gasteiger partial charge on any atom is 0.0560 e. The van der Waals surface area contributed by atoms with Crippen LogP contribution in [0.4, 0.5) is 0 Å². The summed E-state index contributed by atoms with van der Waals surface area (Å²) in [6.45, 7) is 7.86. The van der Waals surface area contributed by atoms with Gasteiger partial charge in [-0.05, 0) is 37.7 Å². The summed E-state index contributed by atoms with van der Waals surface area (Å²) in [4.78, 5) is 0. The molecule has 0 aliphatic heterocycles. The maximum absolute atomic E-state index is 4.23. The van der Waals surface area contributed by atoms with E-state index in [2.05, 4.69) is 31.2 Å². The van der Waals surface area contributed by atoms with Gasteiger partial charge in [-0.1, -0.05) is 13.8 Å². The number of rotatable bonds is 5. The minimum atomic E-state index is 0.512. The van der Waals surface area contributed by atoms with Gasteiger partial charge in [0.25, 0.3) is 0 Å². The maximum atomic E-state index is 4.23. The van der Waals surface area contributed by atoms with Crippen molar-refractivity contribution in [2.45, 2.75) is 52.2 Å².